The van der Waals surface area contributed by atoms with Crippen molar-refractivity contribution in [3.05, 3.63) is 47.0 Å². The SMILES string of the molecule is COC(=O)/C(C)=C/CNCc1cc(F)ccc1F. The van der Waals surface area contributed by atoms with Crippen LogP contribution in [-0.2, 0) is 16.1 Å². The van der Waals surface area contributed by atoms with E-state index in [2.05, 4.69) is 10.1 Å². The second kappa shape index (κ2) is 6.86. The normalized spacial score (nSPS) is 11.4. The minimum absolute atomic E-state index is 0.189. The van der Waals surface area contributed by atoms with Crippen molar-refractivity contribution in [3.63, 3.8) is 0 Å². The highest BCUT2D eigenvalue weighted by atomic mass is 19.1. The Morgan fingerprint density at radius 2 is 2.17 bits per heavy atom. The number of hydrogen-bond donors (Lipinski definition) is 1. The minimum atomic E-state index is -0.477. The third kappa shape index (κ3) is 4.25. The van der Waals surface area contributed by atoms with Gasteiger partial charge in [-0.3, -0.25) is 0 Å². The molecule has 98 valence electrons. The van der Waals surface area contributed by atoms with Gasteiger partial charge in [-0.25, -0.2) is 13.6 Å². The van der Waals surface area contributed by atoms with E-state index >= 15 is 0 Å². The summed E-state index contributed by atoms with van der Waals surface area (Å²) in [6.45, 7) is 2.18. The van der Waals surface area contributed by atoms with E-state index in [4.69, 9.17) is 0 Å². The maximum atomic E-state index is 13.2. The van der Waals surface area contributed by atoms with Gasteiger partial charge in [0.2, 0.25) is 0 Å². The number of hydrogen-bond acceptors (Lipinski definition) is 3. The molecule has 0 heterocycles. The van der Waals surface area contributed by atoms with Gasteiger partial charge in [0.1, 0.15) is 11.6 Å². The Hall–Kier alpha value is -1.75. The van der Waals surface area contributed by atoms with E-state index in [0.717, 1.165) is 18.2 Å². The van der Waals surface area contributed by atoms with Gasteiger partial charge in [0, 0.05) is 24.2 Å². The van der Waals surface area contributed by atoms with Crippen LogP contribution in [0.2, 0.25) is 0 Å². The third-order valence-electron chi connectivity index (χ3n) is 2.38. The third-order valence-corrected chi connectivity index (χ3v) is 2.38. The first-order valence-corrected chi connectivity index (χ1v) is 5.44. The van der Waals surface area contributed by atoms with E-state index in [-0.39, 0.29) is 12.1 Å². The Morgan fingerprint density at radius 3 is 2.83 bits per heavy atom. The van der Waals surface area contributed by atoms with Crippen molar-refractivity contribution in [2.24, 2.45) is 0 Å². The van der Waals surface area contributed by atoms with Gasteiger partial charge in [-0.15, -0.1) is 0 Å². The summed E-state index contributed by atoms with van der Waals surface area (Å²) in [5, 5.41) is 2.89. The molecular weight excluding hydrogens is 240 g/mol. The summed E-state index contributed by atoms with van der Waals surface area (Å²) >= 11 is 0. The molecule has 1 rings (SSSR count). The smallest absolute Gasteiger partial charge is 0.333 e. The van der Waals surface area contributed by atoms with Crippen LogP contribution in [0.1, 0.15) is 12.5 Å². The van der Waals surface area contributed by atoms with Gasteiger partial charge in [0.15, 0.2) is 0 Å². The van der Waals surface area contributed by atoms with Gasteiger partial charge in [-0.1, -0.05) is 6.08 Å². The van der Waals surface area contributed by atoms with Crippen molar-refractivity contribution >= 4 is 5.97 Å². The molecule has 0 radical (unpaired) electrons. The number of ether oxygens (including phenoxy) is 1. The highest BCUT2D eigenvalue weighted by molar-refractivity contribution is 5.87. The minimum Gasteiger partial charge on any atom is -0.466 e. The molecule has 1 aromatic rings. The van der Waals surface area contributed by atoms with Crippen molar-refractivity contribution in [1.29, 1.82) is 0 Å². The Bertz CT molecular complexity index is 458. The molecule has 0 amide bonds. The molecule has 0 saturated carbocycles. The molecule has 0 aliphatic heterocycles. The molecule has 3 nitrogen and oxygen atoms in total. The maximum Gasteiger partial charge on any atom is 0.333 e. The van der Waals surface area contributed by atoms with Crippen molar-refractivity contribution in [1.82, 2.24) is 5.32 Å². The summed E-state index contributed by atoms with van der Waals surface area (Å²) in [5.74, 6) is -1.35. The predicted octanol–water partition coefficient (Wildman–Crippen LogP) is 2.17. The summed E-state index contributed by atoms with van der Waals surface area (Å²) in [6.07, 6.45) is 1.63. The lowest BCUT2D eigenvalue weighted by Crippen LogP contribution is -2.15. The first-order valence-electron chi connectivity index (χ1n) is 5.44. The molecule has 0 bridgehead atoms. The Kier molecular flexibility index (Phi) is 5.45. The van der Waals surface area contributed by atoms with Crippen LogP contribution in [0.3, 0.4) is 0 Å². The van der Waals surface area contributed by atoms with Gasteiger partial charge in [-0.05, 0) is 25.1 Å². The van der Waals surface area contributed by atoms with E-state index in [0.29, 0.717) is 12.1 Å². The van der Waals surface area contributed by atoms with Gasteiger partial charge < -0.3 is 10.1 Å². The molecule has 0 atom stereocenters. The van der Waals surface area contributed by atoms with E-state index in [1.54, 1.807) is 13.0 Å². The Labute approximate surface area is 104 Å². The standard InChI is InChI=1S/C13H15F2NO2/c1-9(13(17)18-2)5-6-16-8-10-7-11(14)3-4-12(10)15/h3-5,7,16H,6,8H2,1-2H3/b9-5+. The van der Waals surface area contributed by atoms with E-state index in [1.807, 2.05) is 0 Å². The monoisotopic (exact) mass is 255 g/mol. The largest absolute Gasteiger partial charge is 0.466 e. The average Bonchev–Trinajstić information content (AvgIpc) is 2.37. The van der Waals surface area contributed by atoms with Crippen LogP contribution in [-0.4, -0.2) is 19.6 Å². The van der Waals surface area contributed by atoms with E-state index < -0.39 is 17.6 Å². The molecule has 0 saturated heterocycles. The molecule has 0 spiro atoms. The average molecular weight is 255 g/mol. The van der Waals surface area contributed by atoms with Crippen LogP contribution in [0.15, 0.2) is 29.8 Å². The number of esters is 1. The molecule has 1 N–H and O–H groups in total. The van der Waals surface area contributed by atoms with Gasteiger partial charge >= 0.3 is 5.97 Å². The van der Waals surface area contributed by atoms with Gasteiger partial charge in [0.25, 0.3) is 0 Å². The number of carbonyl (C=O) groups excluding carboxylic acids is 1. The molecule has 0 fully saturated rings. The zero-order valence-electron chi connectivity index (χ0n) is 10.3. The number of halogens is 2. The first-order chi connectivity index (χ1) is 8.54. The van der Waals surface area contributed by atoms with Crippen molar-refractivity contribution in [3.8, 4) is 0 Å². The van der Waals surface area contributed by atoms with Crippen molar-refractivity contribution in [2.75, 3.05) is 13.7 Å². The molecular formula is C13H15F2NO2. The second-order valence-electron chi connectivity index (χ2n) is 3.75. The van der Waals surface area contributed by atoms with Crippen LogP contribution in [0.5, 0.6) is 0 Å². The van der Waals surface area contributed by atoms with Gasteiger partial charge in [0.05, 0.1) is 7.11 Å². The fourth-order valence-corrected chi connectivity index (χ4v) is 1.36. The molecule has 0 aliphatic carbocycles. The summed E-state index contributed by atoms with van der Waals surface area (Å²) < 4.78 is 30.6. The summed E-state index contributed by atoms with van der Waals surface area (Å²) in [6, 6.07) is 3.29. The lowest BCUT2D eigenvalue weighted by atomic mass is 10.2. The van der Waals surface area contributed by atoms with Gasteiger partial charge in [-0.2, -0.15) is 0 Å². The first kappa shape index (κ1) is 14.3. The molecule has 0 unspecified atom stereocenters. The van der Waals surface area contributed by atoms with E-state index in [9.17, 15) is 13.6 Å². The highest BCUT2D eigenvalue weighted by Crippen LogP contribution is 2.09. The number of carbonyl (C=O) groups is 1. The van der Waals surface area contributed by atoms with Crippen LogP contribution < -0.4 is 5.32 Å². The number of methoxy groups -OCH3 is 1. The maximum absolute atomic E-state index is 13.2. The molecule has 0 aliphatic rings. The molecule has 18 heavy (non-hydrogen) atoms. The van der Waals surface area contributed by atoms with Crippen LogP contribution in [0.25, 0.3) is 0 Å². The van der Waals surface area contributed by atoms with Crippen LogP contribution >= 0.6 is 0 Å². The highest BCUT2D eigenvalue weighted by Gasteiger charge is 2.04. The summed E-state index contributed by atoms with van der Waals surface area (Å²) in [7, 11) is 1.30. The Balaban J connectivity index is 2.47. The second-order valence-corrected chi connectivity index (χ2v) is 3.75. The topological polar surface area (TPSA) is 38.3 Å². The fraction of sp³-hybridized carbons (Fsp3) is 0.308. The molecule has 1 aromatic carbocycles. The predicted molar refractivity (Wildman–Crippen MR) is 63.8 cm³/mol. The lowest BCUT2D eigenvalue weighted by Gasteiger charge is -2.04. The zero-order chi connectivity index (χ0) is 13.5. The van der Waals surface area contributed by atoms with E-state index in [1.165, 1.54) is 7.11 Å². The lowest BCUT2D eigenvalue weighted by molar-refractivity contribution is -0.136. The number of nitrogens with one attached hydrogen (secondary N) is 1. The summed E-state index contributed by atoms with van der Waals surface area (Å²) in [4.78, 5) is 11.0. The fourth-order valence-electron chi connectivity index (χ4n) is 1.36. The van der Waals surface area contributed by atoms with Crippen molar-refractivity contribution in [2.45, 2.75) is 13.5 Å². The quantitative estimate of drug-likeness (QED) is 0.498. The molecule has 5 heteroatoms. The number of benzene rings is 1. The van der Waals surface area contributed by atoms with Crippen LogP contribution in [0, 0.1) is 11.6 Å². The Morgan fingerprint density at radius 1 is 1.44 bits per heavy atom. The van der Waals surface area contributed by atoms with Crippen molar-refractivity contribution < 1.29 is 18.3 Å². The zero-order valence-corrected chi connectivity index (χ0v) is 10.3. The van der Waals surface area contributed by atoms with Crippen LogP contribution in [0.4, 0.5) is 8.78 Å². The molecule has 0 aromatic heterocycles. The number of rotatable bonds is 5. The summed E-state index contributed by atoms with van der Waals surface area (Å²) in [5.41, 5.74) is 0.712.